The summed E-state index contributed by atoms with van der Waals surface area (Å²) < 4.78 is 0. The van der Waals surface area contributed by atoms with E-state index in [1.54, 1.807) is 6.08 Å². The largest absolute Gasteiger partial charge is 0.478 e. The molecule has 0 aliphatic carbocycles. The van der Waals surface area contributed by atoms with Crippen LogP contribution in [0.4, 0.5) is 0 Å². The first-order chi connectivity index (χ1) is 6.77. The second-order valence-electron chi connectivity index (χ2n) is 2.66. The predicted molar refractivity (Wildman–Crippen MR) is 59.1 cm³/mol. The highest BCUT2D eigenvalue weighted by Crippen LogP contribution is 1.93. The molecular weight excluding hydrogens is 176 g/mol. The fourth-order valence-corrected chi connectivity index (χ4v) is 0.791. The first kappa shape index (κ1) is 12.4. The molecule has 0 aliphatic heterocycles. The Kier molecular flexibility index (Phi) is 8.45. The molecule has 0 aliphatic rings. The number of hydrogen-bond acceptors (Lipinski definition) is 1. The lowest BCUT2D eigenvalue weighted by atomic mass is 10.2. The molecule has 0 spiro atoms. The van der Waals surface area contributed by atoms with Gasteiger partial charge in [0.15, 0.2) is 0 Å². The number of aliphatic carboxylic acids is 1. The van der Waals surface area contributed by atoms with Crippen LogP contribution < -0.4 is 0 Å². The fraction of sp³-hybridized carbons (Fsp3) is 0.250. The number of hydrogen-bond donors (Lipinski definition) is 1. The van der Waals surface area contributed by atoms with Gasteiger partial charge < -0.3 is 5.11 Å². The van der Waals surface area contributed by atoms with Gasteiger partial charge in [0.2, 0.25) is 0 Å². The van der Waals surface area contributed by atoms with Crippen LogP contribution in [-0.4, -0.2) is 11.1 Å². The van der Waals surface area contributed by atoms with Gasteiger partial charge in [-0.3, -0.25) is 0 Å². The SMILES string of the molecule is C/C=C/C=C\CC/C=C/C=C/C(=O)O. The van der Waals surface area contributed by atoms with Crippen LogP contribution in [-0.2, 0) is 4.79 Å². The molecule has 1 N–H and O–H groups in total. The van der Waals surface area contributed by atoms with Gasteiger partial charge in [0.05, 0.1) is 0 Å². The van der Waals surface area contributed by atoms with Crippen LogP contribution in [0.25, 0.3) is 0 Å². The summed E-state index contributed by atoms with van der Waals surface area (Å²) in [7, 11) is 0. The van der Waals surface area contributed by atoms with E-state index in [0.29, 0.717) is 0 Å². The molecule has 0 bridgehead atoms. The average molecular weight is 192 g/mol. The standard InChI is InChI=1S/C12H16O2/c1-2-3-4-5-6-7-8-9-10-11-12(13)14/h2-5,8-11H,6-7H2,1H3,(H,13,14)/b3-2+,5-4-,9-8+,11-10+. The summed E-state index contributed by atoms with van der Waals surface area (Å²) >= 11 is 0. The number of allylic oxidation sites excluding steroid dienone is 7. The molecule has 2 heteroatoms. The Morgan fingerprint density at radius 2 is 1.64 bits per heavy atom. The lowest BCUT2D eigenvalue weighted by molar-refractivity contribution is -0.131. The third-order valence-corrected chi connectivity index (χ3v) is 1.43. The molecule has 0 unspecified atom stereocenters. The lowest BCUT2D eigenvalue weighted by Crippen LogP contribution is -1.84. The summed E-state index contributed by atoms with van der Waals surface area (Å²) in [6, 6.07) is 0. The number of carboxylic acids is 1. The molecule has 0 radical (unpaired) electrons. The minimum atomic E-state index is -0.914. The summed E-state index contributed by atoms with van der Waals surface area (Å²) in [4.78, 5) is 10.1. The fourth-order valence-electron chi connectivity index (χ4n) is 0.791. The first-order valence-corrected chi connectivity index (χ1v) is 4.61. The van der Waals surface area contributed by atoms with Gasteiger partial charge in [0.25, 0.3) is 0 Å². The smallest absolute Gasteiger partial charge is 0.328 e. The summed E-state index contributed by atoms with van der Waals surface area (Å²) in [6.07, 6.45) is 16.3. The van der Waals surface area contributed by atoms with Crippen LogP contribution in [0.5, 0.6) is 0 Å². The minimum absolute atomic E-state index is 0.914. The van der Waals surface area contributed by atoms with Crippen molar-refractivity contribution in [2.45, 2.75) is 19.8 Å². The molecule has 0 fully saturated rings. The van der Waals surface area contributed by atoms with Gasteiger partial charge in [0, 0.05) is 6.08 Å². The zero-order chi connectivity index (χ0) is 10.6. The maximum atomic E-state index is 10.1. The first-order valence-electron chi connectivity index (χ1n) is 4.61. The molecule has 0 aromatic heterocycles. The van der Waals surface area contributed by atoms with Gasteiger partial charge in [-0.05, 0) is 19.8 Å². The minimum Gasteiger partial charge on any atom is -0.478 e. The number of rotatable bonds is 6. The van der Waals surface area contributed by atoms with Crippen LogP contribution in [0.15, 0.2) is 48.6 Å². The van der Waals surface area contributed by atoms with Crippen LogP contribution in [0.2, 0.25) is 0 Å². The summed E-state index contributed by atoms with van der Waals surface area (Å²) in [5.41, 5.74) is 0. The molecule has 0 rings (SSSR count). The van der Waals surface area contributed by atoms with Crippen molar-refractivity contribution in [3.05, 3.63) is 48.6 Å². The van der Waals surface area contributed by atoms with Crippen molar-refractivity contribution in [3.8, 4) is 0 Å². The van der Waals surface area contributed by atoms with Crippen molar-refractivity contribution in [3.63, 3.8) is 0 Å². The van der Waals surface area contributed by atoms with Gasteiger partial charge in [-0.15, -0.1) is 0 Å². The third kappa shape index (κ3) is 10.4. The molecule has 0 saturated heterocycles. The van der Waals surface area contributed by atoms with Crippen LogP contribution in [0, 0.1) is 0 Å². The Morgan fingerprint density at radius 3 is 2.14 bits per heavy atom. The highest BCUT2D eigenvalue weighted by atomic mass is 16.4. The van der Waals surface area contributed by atoms with Crippen LogP contribution >= 0.6 is 0 Å². The van der Waals surface area contributed by atoms with Crippen molar-refractivity contribution in [1.82, 2.24) is 0 Å². The zero-order valence-electron chi connectivity index (χ0n) is 8.39. The topological polar surface area (TPSA) is 37.3 Å². The Balaban J connectivity index is 3.49. The highest BCUT2D eigenvalue weighted by molar-refractivity contribution is 5.80. The molecule has 0 amide bonds. The monoisotopic (exact) mass is 192 g/mol. The second kappa shape index (κ2) is 9.52. The third-order valence-electron chi connectivity index (χ3n) is 1.43. The lowest BCUT2D eigenvalue weighted by Gasteiger charge is -1.83. The number of carboxylic acid groups (broad SMARTS) is 1. The van der Waals surface area contributed by atoms with E-state index in [1.165, 1.54) is 6.08 Å². The van der Waals surface area contributed by atoms with Crippen LogP contribution in [0.3, 0.4) is 0 Å². The molecule has 2 nitrogen and oxygen atoms in total. The van der Waals surface area contributed by atoms with E-state index in [-0.39, 0.29) is 0 Å². The molecule has 0 saturated carbocycles. The average Bonchev–Trinajstić information content (AvgIpc) is 2.15. The molecule has 0 heterocycles. The summed E-state index contributed by atoms with van der Waals surface area (Å²) in [5, 5.41) is 8.27. The Labute approximate surface area is 85.0 Å². The normalized spacial score (nSPS) is 12.6. The molecule has 0 atom stereocenters. The molecule has 76 valence electrons. The molecule has 14 heavy (non-hydrogen) atoms. The van der Waals surface area contributed by atoms with Crippen molar-refractivity contribution in [2.75, 3.05) is 0 Å². The number of carbonyl (C=O) groups is 1. The molecular formula is C12H16O2. The summed E-state index contributed by atoms with van der Waals surface area (Å²) in [5.74, 6) is -0.914. The van der Waals surface area contributed by atoms with Crippen molar-refractivity contribution in [1.29, 1.82) is 0 Å². The molecule has 0 aromatic carbocycles. The van der Waals surface area contributed by atoms with Crippen molar-refractivity contribution in [2.24, 2.45) is 0 Å². The Morgan fingerprint density at radius 1 is 1.07 bits per heavy atom. The Hall–Kier alpha value is -1.57. The van der Waals surface area contributed by atoms with Gasteiger partial charge in [0.1, 0.15) is 0 Å². The van der Waals surface area contributed by atoms with Gasteiger partial charge in [-0.25, -0.2) is 4.79 Å². The predicted octanol–water partition coefficient (Wildman–Crippen LogP) is 3.10. The van der Waals surface area contributed by atoms with E-state index < -0.39 is 5.97 Å². The van der Waals surface area contributed by atoms with Gasteiger partial charge in [-0.1, -0.05) is 42.5 Å². The summed E-state index contributed by atoms with van der Waals surface area (Å²) in [6.45, 7) is 1.97. The van der Waals surface area contributed by atoms with E-state index in [4.69, 9.17) is 5.11 Å². The molecule has 0 aromatic rings. The van der Waals surface area contributed by atoms with E-state index in [2.05, 4.69) is 6.08 Å². The van der Waals surface area contributed by atoms with Gasteiger partial charge >= 0.3 is 5.97 Å². The van der Waals surface area contributed by atoms with Gasteiger partial charge in [-0.2, -0.15) is 0 Å². The van der Waals surface area contributed by atoms with E-state index in [0.717, 1.165) is 18.9 Å². The maximum absolute atomic E-state index is 10.1. The second-order valence-corrected chi connectivity index (χ2v) is 2.66. The van der Waals surface area contributed by atoms with Crippen LogP contribution in [0.1, 0.15) is 19.8 Å². The highest BCUT2D eigenvalue weighted by Gasteiger charge is 1.80. The van der Waals surface area contributed by atoms with Crippen molar-refractivity contribution < 1.29 is 9.90 Å². The van der Waals surface area contributed by atoms with E-state index >= 15 is 0 Å². The van der Waals surface area contributed by atoms with E-state index in [9.17, 15) is 4.79 Å². The Bertz CT molecular complexity index is 257. The van der Waals surface area contributed by atoms with Crippen molar-refractivity contribution >= 4 is 5.97 Å². The number of unbranched alkanes of at least 4 members (excludes halogenated alkanes) is 1. The van der Waals surface area contributed by atoms with E-state index in [1.807, 2.05) is 31.2 Å². The zero-order valence-corrected chi connectivity index (χ0v) is 8.39. The quantitative estimate of drug-likeness (QED) is 0.399. The maximum Gasteiger partial charge on any atom is 0.328 e.